The number of rotatable bonds is 7. The largest absolute Gasteiger partial charge is 0.486 e. The van der Waals surface area contributed by atoms with Crippen LogP contribution in [0.1, 0.15) is 34.4 Å². The molecule has 0 saturated carbocycles. The number of aromatic nitrogens is 1. The van der Waals surface area contributed by atoms with Gasteiger partial charge in [-0.15, -0.1) is 11.3 Å². The number of hydrogen-bond donors (Lipinski definition) is 1. The van der Waals surface area contributed by atoms with Gasteiger partial charge in [-0.05, 0) is 44.0 Å². The average Bonchev–Trinajstić information content (AvgIpc) is 2.88. The van der Waals surface area contributed by atoms with Gasteiger partial charge in [0.2, 0.25) is 0 Å². The molecule has 0 aliphatic heterocycles. The number of nitrogens with zero attached hydrogens (tertiary/aromatic N) is 1. The third kappa shape index (κ3) is 4.32. The highest BCUT2D eigenvalue weighted by Crippen LogP contribution is 2.21. The van der Waals surface area contributed by atoms with E-state index in [0.29, 0.717) is 6.61 Å². The van der Waals surface area contributed by atoms with Crippen molar-refractivity contribution in [2.24, 2.45) is 0 Å². The minimum Gasteiger partial charge on any atom is -0.486 e. The van der Waals surface area contributed by atoms with Crippen LogP contribution in [0.25, 0.3) is 0 Å². The fraction of sp³-hybridized carbons (Fsp3) is 0.438. The SMILES string of the molecule is CCCNCc1cnc(COc2cc(C)ccc2C)s1. The molecule has 2 aromatic rings. The average molecular weight is 290 g/mol. The first-order valence-corrected chi connectivity index (χ1v) is 7.85. The Hall–Kier alpha value is -1.39. The third-order valence-corrected chi connectivity index (χ3v) is 3.99. The first-order chi connectivity index (χ1) is 9.69. The fourth-order valence-electron chi connectivity index (χ4n) is 1.89. The van der Waals surface area contributed by atoms with E-state index < -0.39 is 0 Å². The van der Waals surface area contributed by atoms with E-state index in [4.69, 9.17) is 4.74 Å². The maximum Gasteiger partial charge on any atom is 0.140 e. The van der Waals surface area contributed by atoms with E-state index in [1.807, 2.05) is 6.20 Å². The smallest absolute Gasteiger partial charge is 0.140 e. The lowest BCUT2D eigenvalue weighted by Gasteiger charge is -2.08. The van der Waals surface area contributed by atoms with Gasteiger partial charge in [0.1, 0.15) is 17.4 Å². The summed E-state index contributed by atoms with van der Waals surface area (Å²) in [6, 6.07) is 6.27. The van der Waals surface area contributed by atoms with Gasteiger partial charge in [-0.2, -0.15) is 0 Å². The van der Waals surface area contributed by atoms with E-state index in [-0.39, 0.29) is 0 Å². The highest BCUT2D eigenvalue weighted by molar-refractivity contribution is 7.11. The molecular formula is C16H22N2OS. The molecule has 0 fully saturated rings. The van der Waals surface area contributed by atoms with E-state index >= 15 is 0 Å². The van der Waals surface area contributed by atoms with Gasteiger partial charge < -0.3 is 10.1 Å². The monoisotopic (exact) mass is 290 g/mol. The number of thiazole rings is 1. The molecule has 1 aromatic carbocycles. The van der Waals surface area contributed by atoms with Crippen molar-refractivity contribution >= 4 is 11.3 Å². The predicted octanol–water partition coefficient (Wildman–Crippen LogP) is 3.84. The Bertz CT molecular complexity index is 551. The molecule has 4 heteroatoms. The van der Waals surface area contributed by atoms with Crippen molar-refractivity contribution in [1.82, 2.24) is 10.3 Å². The molecule has 2 rings (SSSR count). The van der Waals surface area contributed by atoms with E-state index in [9.17, 15) is 0 Å². The van der Waals surface area contributed by atoms with Crippen LogP contribution in [0.3, 0.4) is 0 Å². The van der Waals surface area contributed by atoms with Gasteiger partial charge in [-0.3, -0.25) is 0 Å². The topological polar surface area (TPSA) is 34.2 Å². The van der Waals surface area contributed by atoms with Crippen LogP contribution in [-0.2, 0) is 13.2 Å². The molecule has 20 heavy (non-hydrogen) atoms. The standard InChI is InChI=1S/C16H22N2OS/c1-4-7-17-9-14-10-18-16(20-14)11-19-15-8-12(2)5-6-13(15)3/h5-6,8,10,17H,4,7,9,11H2,1-3H3. The lowest BCUT2D eigenvalue weighted by molar-refractivity contribution is 0.303. The van der Waals surface area contributed by atoms with Crippen LogP contribution in [0, 0.1) is 13.8 Å². The zero-order valence-corrected chi connectivity index (χ0v) is 13.2. The normalized spacial score (nSPS) is 10.8. The summed E-state index contributed by atoms with van der Waals surface area (Å²) in [4.78, 5) is 5.68. The number of hydrogen-bond acceptors (Lipinski definition) is 4. The van der Waals surface area contributed by atoms with Crippen molar-refractivity contribution in [3.05, 3.63) is 45.4 Å². The summed E-state index contributed by atoms with van der Waals surface area (Å²) in [6.45, 7) is 8.80. The fourth-order valence-corrected chi connectivity index (χ4v) is 2.69. The molecule has 1 aromatic heterocycles. The summed E-state index contributed by atoms with van der Waals surface area (Å²) >= 11 is 1.71. The van der Waals surface area contributed by atoms with Gasteiger partial charge >= 0.3 is 0 Å². The van der Waals surface area contributed by atoms with Gasteiger partial charge in [0.05, 0.1) is 0 Å². The molecule has 0 spiro atoms. The second-order valence-electron chi connectivity index (χ2n) is 4.95. The highest BCUT2D eigenvalue weighted by atomic mass is 32.1. The van der Waals surface area contributed by atoms with Crippen molar-refractivity contribution in [2.45, 2.75) is 40.3 Å². The number of benzene rings is 1. The Morgan fingerprint density at radius 3 is 2.95 bits per heavy atom. The molecule has 1 N–H and O–H groups in total. The molecule has 0 aliphatic rings. The van der Waals surface area contributed by atoms with Crippen LogP contribution in [0.15, 0.2) is 24.4 Å². The van der Waals surface area contributed by atoms with Gasteiger partial charge in [0.25, 0.3) is 0 Å². The highest BCUT2D eigenvalue weighted by Gasteiger charge is 2.05. The summed E-state index contributed by atoms with van der Waals surface area (Å²) in [5.41, 5.74) is 2.38. The summed E-state index contributed by atoms with van der Waals surface area (Å²) in [7, 11) is 0. The van der Waals surface area contributed by atoms with E-state index in [0.717, 1.165) is 35.8 Å². The Balaban J connectivity index is 1.89. The second kappa shape index (κ2) is 7.41. The Morgan fingerprint density at radius 1 is 1.30 bits per heavy atom. The Morgan fingerprint density at radius 2 is 2.15 bits per heavy atom. The van der Waals surface area contributed by atoms with E-state index in [1.165, 1.54) is 10.4 Å². The van der Waals surface area contributed by atoms with Crippen molar-refractivity contribution < 1.29 is 4.74 Å². The van der Waals surface area contributed by atoms with Crippen LogP contribution in [-0.4, -0.2) is 11.5 Å². The van der Waals surface area contributed by atoms with Gasteiger partial charge in [-0.25, -0.2) is 4.98 Å². The predicted molar refractivity (Wildman–Crippen MR) is 84.4 cm³/mol. The Labute approximate surface area is 125 Å². The zero-order chi connectivity index (χ0) is 14.4. The lowest BCUT2D eigenvalue weighted by atomic mass is 10.1. The third-order valence-electron chi connectivity index (χ3n) is 3.02. The van der Waals surface area contributed by atoms with Crippen LogP contribution < -0.4 is 10.1 Å². The molecule has 0 bridgehead atoms. The quantitative estimate of drug-likeness (QED) is 0.787. The van der Waals surface area contributed by atoms with Gasteiger partial charge in [-0.1, -0.05) is 19.1 Å². The summed E-state index contributed by atoms with van der Waals surface area (Å²) in [6.07, 6.45) is 3.09. The van der Waals surface area contributed by atoms with Crippen molar-refractivity contribution in [3.8, 4) is 5.75 Å². The molecule has 0 atom stereocenters. The first-order valence-electron chi connectivity index (χ1n) is 7.03. The minimum absolute atomic E-state index is 0.544. The molecule has 3 nitrogen and oxygen atoms in total. The summed E-state index contributed by atoms with van der Waals surface area (Å²) < 4.78 is 5.87. The van der Waals surface area contributed by atoms with Crippen molar-refractivity contribution in [2.75, 3.05) is 6.54 Å². The molecular weight excluding hydrogens is 268 g/mol. The summed E-state index contributed by atoms with van der Waals surface area (Å²) in [5.74, 6) is 0.950. The van der Waals surface area contributed by atoms with Gasteiger partial charge in [0.15, 0.2) is 0 Å². The van der Waals surface area contributed by atoms with Gasteiger partial charge in [0, 0.05) is 17.6 Å². The van der Waals surface area contributed by atoms with Crippen molar-refractivity contribution in [3.63, 3.8) is 0 Å². The summed E-state index contributed by atoms with van der Waals surface area (Å²) in [5, 5.41) is 4.41. The van der Waals surface area contributed by atoms with Crippen molar-refractivity contribution in [1.29, 1.82) is 0 Å². The van der Waals surface area contributed by atoms with Crippen LogP contribution >= 0.6 is 11.3 Å². The van der Waals surface area contributed by atoms with E-state index in [1.54, 1.807) is 11.3 Å². The molecule has 0 aliphatic carbocycles. The minimum atomic E-state index is 0.544. The van der Waals surface area contributed by atoms with Crippen LogP contribution in [0.4, 0.5) is 0 Å². The number of nitrogens with one attached hydrogen (secondary N) is 1. The Kier molecular flexibility index (Phi) is 5.56. The first kappa shape index (κ1) is 15.0. The molecule has 0 radical (unpaired) electrons. The zero-order valence-electron chi connectivity index (χ0n) is 12.4. The van der Waals surface area contributed by atoms with Crippen LogP contribution in [0.2, 0.25) is 0 Å². The molecule has 0 unspecified atom stereocenters. The molecule has 0 saturated heterocycles. The number of aryl methyl sites for hydroxylation is 2. The second-order valence-corrected chi connectivity index (χ2v) is 6.15. The lowest BCUT2D eigenvalue weighted by Crippen LogP contribution is -2.12. The maximum atomic E-state index is 5.87. The van der Waals surface area contributed by atoms with Crippen LogP contribution in [0.5, 0.6) is 5.75 Å². The molecule has 0 amide bonds. The maximum absolute atomic E-state index is 5.87. The number of ether oxygens (including phenoxy) is 1. The van der Waals surface area contributed by atoms with E-state index in [2.05, 4.69) is 49.3 Å². The molecule has 108 valence electrons. The molecule has 1 heterocycles.